The largest absolute Gasteiger partial charge is 1.00 e. The van der Waals surface area contributed by atoms with Gasteiger partial charge in [0.1, 0.15) is 0 Å². The third kappa shape index (κ3) is 4.51. The van der Waals surface area contributed by atoms with Gasteiger partial charge in [0.15, 0.2) is 0 Å². The molecular formula is C7H14BF3KNO. The van der Waals surface area contributed by atoms with Crippen molar-refractivity contribution in [1.82, 2.24) is 4.90 Å². The number of hydrogen-bond donors (Lipinski definition) is 1. The molecule has 0 aliphatic carbocycles. The van der Waals surface area contributed by atoms with Crippen LogP contribution >= 0.6 is 0 Å². The van der Waals surface area contributed by atoms with Crippen molar-refractivity contribution in [2.24, 2.45) is 5.92 Å². The van der Waals surface area contributed by atoms with Gasteiger partial charge in [-0.15, -0.1) is 0 Å². The quantitative estimate of drug-likeness (QED) is 0.576. The first kappa shape index (κ1) is 15.4. The van der Waals surface area contributed by atoms with Gasteiger partial charge < -0.3 is 23.0 Å². The van der Waals surface area contributed by atoms with Crippen LogP contribution in [0.5, 0.6) is 0 Å². The maximum atomic E-state index is 12.1. The predicted octanol–water partition coefficient (Wildman–Crippen LogP) is -1.92. The van der Waals surface area contributed by atoms with Gasteiger partial charge in [0, 0.05) is 6.04 Å². The molecule has 0 aromatic heterocycles. The molecule has 2 unspecified atom stereocenters. The molecule has 0 bridgehead atoms. The first-order valence-electron chi connectivity index (χ1n) is 4.50. The monoisotopic (exact) mass is 235 g/mol. The Bertz CT molecular complexity index is 181. The summed E-state index contributed by atoms with van der Waals surface area (Å²) in [5, 5.41) is 8.90. The number of aliphatic hydroxyl groups is 1. The fourth-order valence-corrected chi connectivity index (χ4v) is 1.88. The maximum Gasteiger partial charge on any atom is 1.00 e. The summed E-state index contributed by atoms with van der Waals surface area (Å²) in [5.41, 5.74) is 0. The summed E-state index contributed by atoms with van der Waals surface area (Å²) in [6.07, 6.45) is -0.0903. The molecule has 2 atom stereocenters. The van der Waals surface area contributed by atoms with Crippen LogP contribution in [0.1, 0.15) is 13.3 Å². The summed E-state index contributed by atoms with van der Waals surface area (Å²) in [4.78, 5) is 1.34. The van der Waals surface area contributed by atoms with E-state index >= 15 is 0 Å². The third-order valence-corrected chi connectivity index (χ3v) is 2.63. The van der Waals surface area contributed by atoms with Gasteiger partial charge >= 0.3 is 58.4 Å². The van der Waals surface area contributed by atoms with Crippen LogP contribution in [0.15, 0.2) is 0 Å². The number of hydrogen-bond acceptors (Lipinski definition) is 2. The first-order chi connectivity index (χ1) is 5.94. The normalized spacial score (nSPS) is 28.9. The van der Waals surface area contributed by atoms with E-state index in [-0.39, 0.29) is 70.0 Å². The molecule has 0 aromatic carbocycles. The van der Waals surface area contributed by atoms with E-state index in [1.165, 1.54) is 4.90 Å². The molecule has 1 rings (SSSR count). The summed E-state index contributed by atoms with van der Waals surface area (Å²) in [6.45, 7) is -2.60. The second kappa shape index (κ2) is 6.22. The van der Waals surface area contributed by atoms with E-state index in [0.717, 1.165) is 6.42 Å². The fraction of sp³-hybridized carbons (Fsp3) is 1.00. The number of rotatable bonds is 3. The van der Waals surface area contributed by atoms with Gasteiger partial charge in [-0.25, -0.2) is 0 Å². The molecule has 14 heavy (non-hydrogen) atoms. The second-order valence-electron chi connectivity index (χ2n) is 3.72. The number of aliphatic hydroxyl groups excluding tert-OH is 1. The van der Waals surface area contributed by atoms with Gasteiger partial charge in [0.05, 0.1) is 6.61 Å². The smallest absolute Gasteiger partial charge is 0.448 e. The van der Waals surface area contributed by atoms with Crippen LogP contribution in [0.3, 0.4) is 0 Å². The van der Waals surface area contributed by atoms with E-state index in [4.69, 9.17) is 5.11 Å². The molecule has 0 spiro atoms. The molecule has 2 nitrogen and oxygen atoms in total. The van der Waals surface area contributed by atoms with Crippen LogP contribution in [0.25, 0.3) is 0 Å². The zero-order valence-electron chi connectivity index (χ0n) is 8.59. The maximum absolute atomic E-state index is 12.1. The van der Waals surface area contributed by atoms with Crippen molar-refractivity contribution in [3.8, 4) is 0 Å². The van der Waals surface area contributed by atoms with E-state index in [1.807, 2.05) is 6.92 Å². The van der Waals surface area contributed by atoms with Crippen molar-refractivity contribution in [3.63, 3.8) is 0 Å². The molecular weight excluding hydrogens is 221 g/mol. The Labute approximate surface area is 125 Å². The van der Waals surface area contributed by atoms with E-state index < -0.39 is 13.4 Å². The summed E-state index contributed by atoms with van der Waals surface area (Å²) < 4.78 is 36.3. The number of halogens is 3. The van der Waals surface area contributed by atoms with Crippen molar-refractivity contribution in [1.29, 1.82) is 0 Å². The van der Waals surface area contributed by atoms with Crippen molar-refractivity contribution in [3.05, 3.63) is 0 Å². The SMILES string of the molecule is CC1CCN(C[B-](F)(F)F)C1CO.[K+]. The molecule has 1 saturated heterocycles. The van der Waals surface area contributed by atoms with Gasteiger partial charge in [-0.05, 0) is 25.3 Å². The average Bonchev–Trinajstić information content (AvgIpc) is 2.28. The molecule has 1 N–H and O–H groups in total. The zero-order valence-corrected chi connectivity index (χ0v) is 11.7. The Morgan fingerprint density at radius 3 is 2.43 bits per heavy atom. The summed E-state index contributed by atoms with van der Waals surface area (Å²) in [5.74, 6) is 0.170. The molecule has 1 aliphatic heterocycles. The third-order valence-electron chi connectivity index (χ3n) is 2.63. The molecule has 0 aromatic rings. The van der Waals surface area contributed by atoms with E-state index in [9.17, 15) is 12.9 Å². The van der Waals surface area contributed by atoms with Gasteiger partial charge in [-0.2, -0.15) is 0 Å². The van der Waals surface area contributed by atoms with Crippen LogP contribution in [0.4, 0.5) is 12.9 Å². The summed E-state index contributed by atoms with van der Waals surface area (Å²) in [7, 11) is 0. The molecule has 1 aliphatic rings. The Morgan fingerprint density at radius 1 is 1.43 bits per heavy atom. The Kier molecular flexibility index (Phi) is 6.85. The van der Waals surface area contributed by atoms with Crippen LogP contribution in [-0.2, 0) is 0 Å². The average molecular weight is 235 g/mol. The summed E-state index contributed by atoms with van der Waals surface area (Å²) in [6, 6.07) is -0.302. The van der Waals surface area contributed by atoms with Crippen LogP contribution in [-0.4, -0.2) is 42.6 Å². The van der Waals surface area contributed by atoms with E-state index in [2.05, 4.69) is 0 Å². The Balaban J connectivity index is 0.00000169. The van der Waals surface area contributed by atoms with Gasteiger partial charge in [0.25, 0.3) is 0 Å². The second-order valence-corrected chi connectivity index (χ2v) is 3.72. The van der Waals surface area contributed by atoms with Gasteiger partial charge in [-0.3, -0.25) is 0 Å². The van der Waals surface area contributed by atoms with Crippen LogP contribution in [0, 0.1) is 5.92 Å². The van der Waals surface area contributed by atoms with Gasteiger partial charge in [0.2, 0.25) is 0 Å². The first-order valence-corrected chi connectivity index (χ1v) is 4.50. The van der Waals surface area contributed by atoms with E-state index in [1.54, 1.807) is 0 Å². The Hall–Kier alpha value is 1.41. The van der Waals surface area contributed by atoms with Crippen molar-refractivity contribution in [2.75, 3.05) is 19.6 Å². The van der Waals surface area contributed by atoms with Crippen LogP contribution < -0.4 is 51.4 Å². The molecule has 1 heterocycles. The minimum Gasteiger partial charge on any atom is -0.448 e. The van der Waals surface area contributed by atoms with Crippen molar-refractivity contribution >= 4 is 6.98 Å². The molecule has 1 fully saturated rings. The number of nitrogens with zero attached hydrogens (tertiary/aromatic N) is 1. The molecule has 7 heteroatoms. The van der Waals surface area contributed by atoms with Crippen LogP contribution in [0.2, 0.25) is 0 Å². The predicted molar refractivity (Wildman–Crippen MR) is 45.3 cm³/mol. The zero-order chi connectivity index (χ0) is 10.1. The molecule has 78 valence electrons. The molecule has 0 radical (unpaired) electrons. The minimum atomic E-state index is -4.76. The standard InChI is InChI=1S/C7H14BF3NO.K/c1-6-2-3-12(7(6)4-13)5-8(9,10)11;/h6-7,13H,2-5H2,1H3;/q-1;+1. The number of likely N-dealkylation sites (tertiary alicyclic amines) is 1. The Morgan fingerprint density at radius 2 is 2.00 bits per heavy atom. The van der Waals surface area contributed by atoms with Gasteiger partial charge in [-0.1, -0.05) is 6.92 Å². The summed E-state index contributed by atoms with van der Waals surface area (Å²) >= 11 is 0. The molecule has 0 amide bonds. The van der Waals surface area contributed by atoms with Crippen molar-refractivity contribution in [2.45, 2.75) is 19.4 Å². The molecule has 0 saturated carbocycles. The van der Waals surface area contributed by atoms with E-state index in [0.29, 0.717) is 6.54 Å². The topological polar surface area (TPSA) is 23.5 Å². The minimum absolute atomic E-state index is 0. The fourth-order valence-electron chi connectivity index (χ4n) is 1.88. The van der Waals surface area contributed by atoms with Crippen molar-refractivity contribution < 1.29 is 69.4 Å².